The fourth-order valence-electron chi connectivity index (χ4n) is 3.59. The number of carbonyl (C=O) groups is 1. The molecule has 3 rings (SSSR count). The number of ether oxygens (including phenoxy) is 1. The highest BCUT2D eigenvalue weighted by atomic mass is 32.1. The summed E-state index contributed by atoms with van der Waals surface area (Å²) in [6, 6.07) is 12.2. The molecule has 2 atom stereocenters. The number of nitrogens with zero attached hydrogens (tertiary/aromatic N) is 1. The topological polar surface area (TPSA) is 53.6 Å². The molecule has 2 amide bonds. The molecule has 0 spiro atoms. The van der Waals surface area contributed by atoms with Crippen molar-refractivity contribution < 1.29 is 9.53 Å². The average molecular weight is 402 g/mol. The van der Waals surface area contributed by atoms with Gasteiger partial charge in [0, 0.05) is 11.4 Å². The Balaban J connectivity index is 1.55. The maximum atomic E-state index is 12.5. The molecule has 2 N–H and O–H groups in total. The van der Waals surface area contributed by atoms with Crippen LogP contribution in [-0.4, -0.2) is 36.7 Å². The molecule has 1 saturated heterocycles. The molecule has 28 heavy (non-hydrogen) atoms. The van der Waals surface area contributed by atoms with E-state index in [4.69, 9.17) is 4.74 Å². The summed E-state index contributed by atoms with van der Waals surface area (Å²) in [5.74, 6) is 0.827. The Bertz CT molecular complexity index is 742. The molecule has 2 unspecified atom stereocenters. The number of hydrogen-bond donors (Lipinski definition) is 2. The van der Waals surface area contributed by atoms with Gasteiger partial charge in [0.2, 0.25) is 0 Å². The zero-order chi connectivity index (χ0) is 19.9. The first kappa shape index (κ1) is 20.7. The first-order chi connectivity index (χ1) is 13.5. The van der Waals surface area contributed by atoms with Gasteiger partial charge in [-0.25, -0.2) is 4.79 Å². The zero-order valence-electron chi connectivity index (χ0n) is 17.0. The Labute approximate surface area is 172 Å². The number of amides is 2. The smallest absolute Gasteiger partial charge is 0.315 e. The van der Waals surface area contributed by atoms with Gasteiger partial charge in [0.1, 0.15) is 5.75 Å². The fraction of sp³-hybridized carbons (Fsp3) is 0.500. The second-order valence-electron chi connectivity index (χ2n) is 7.59. The second-order valence-corrected chi connectivity index (χ2v) is 8.57. The number of rotatable bonds is 8. The van der Waals surface area contributed by atoms with E-state index in [0.29, 0.717) is 6.54 Å². The summed E-state index contributed by atoms with van der Waals surface area (Å²) in [6.45, 7) is 8.83. The van der Waals surface area contributed by atoms with E-state index in [1.807, 2.05) is 45.0 Å². The van der Waals surface area contributed by atoms with Crippen LogP contribution in [0.4, 0.5) is 4.79 Å². The van der Waals surface area contributed by atoms with E-state index < -0.39 is 0 Å². The Hall–Kier alpha value is -2.05. The largest absolute Gasteiger partial charge is 0.491 e. The standard InChI is InChI=1S/C22H31N3O2S/c1-16(2)27-19-9-6-8-18(14-19)17(3)24-22(26)23-15-20(21-10-7-13-28-21)25-11-4-5-12-25/h6-10,13-14,16-17,20H,4-5,11-12,15H2,1-3H3,(H2,23,24,26). The summed E-state index contributed by atoms with van der Waals surface area (Å²) in [4.78, 5) is 16.3. The molecule has 0 bridgehead atoms. The van der Waals surface area contributed by atoms with Gasteiger partial charge in [-0.15, -0.1) is 11.3 Å². The number of carbonyl (C=O) groups excluding carboxylic acids is 1. The predicted molar refractivity (Wildman–Crippen MR) is 115 cm³/mol. The van der Waals surface area contributed by atoms with Crippen LogP contribution in [0.25, 0.3) is 0 Å². The SMILES string of the molecule is CC(C)Oc1cccc(C(C)NC(=O)NCC(c2cccs2)N2CCCC2)c1. The van der Waals surface area contributed by atoms with Crippen molar-refractivity contribution in [3.63, 3.8) is 0 Å². The van der Waals surface area contributed by atoms with Gasteiger partial charge >= 0.3 is 6.03 Å². The molecule has 1 aliphatic heterocycles. The van der Waals surface area contributed by atoms with Gasteiger partial charge in [-0.05, 0) is 75.8 Å². The molecule has 2 aromatic rings. The molecular weight excluding hydrogens is 370 g/mol. The quantitative estimate of drug-likeness (QED) is 0.672. The third-order valence-electron chi connectivity index (χ3n) is 4.99. The molecular formula is C22H31N3O2S. The van der Waals surface area contributed by atoms with Crippen LogP contribution in [-0.2, 0) is 0 Å². The first-order valence-corrected chi connectivity index (χ1v) is 11.0. The predicted octanol–water partition coefficient (Wildman–Crippen LogP) is 4.73. The summed E-state index contributed by atoms with van der Waals surface area (Å²) < 4.78 is 5.75. The van der Waals surface area contributed by atoms with Gasteiger partial charge < -0.3 is 15.4 Å². The lowest BCUT2D eigenvalue weighted by molar-refractivity contribution is 0.220. The average Bonchev–Trinajstić information content (AvgIpc) is 3.36. The van der Waals surface area contributed by atoms with E-state index in [9.17, 15) is 4.79 Å². The summed E-state index contributed by atoms with van der Waals surface area (Å²) in [7, 11) is 0. The summed E-state index contributed by atoms with van der Waals surface area (Å²) in [6.07, 6.45) is 2.60. The first-order valence-electron chi connectivity index (χ1n) is 10.1. The molecule has 0 aliphatic carbocycles. The highest BCUT2D eigenvalue weighted by Crippen LogP contribution is 2.28. The number of benzene rings is 1. The van der Waals surface area contributed by atoms with Crippen LogP contribution >= 0.6 is 11.3 Å². The molecule has 5 nitrogen and oxygen atoms in total. The van der Waals surface area contributed by atoms with Crippen LogP contribution in [0.15, 0.2) is 41.8 Å². The molecule has 152 valence electrons. The number of likely N-dealkylation sites (tertiary alicyclic amines) is 1. The molecule has 1 aromatic carbocycles. The molecule has 1 fully saturated rings. The van der Waals surface area contributed by atoms with Gasteiger partial charge in [0.15, 0.2) is 0 Å². The number of nitrogens with one attached hydrogen (secondary N) is 2. The van der Waals surface area contributed by atoms with Crippen LogP contribution in [0, 0.1) is 0 Å². The third kappa shape index (κ3) is 5.72. The van der Waals surface area contributed by atoms with Crippen LogP contribution in [0.5, 0.6) is 5.75 Å². The fourth-order valence-corrected chi connectivity index (χ4v) is 4.45. The second kappa shape index (κ2) is 9.94. The number of urea groups is 1. The van der Waals surface area contributed by atoms with Crippen molar-refractivity contribution in [1.82, 2.24) is 15.5 Å². The van der Waals surface area contributed by atoms with E-state index in [0.717, 1.165) is 24.4 Å². The van der Waals surface area contributed by atoms with Crippen LogP contribution in [0.1, 0.15) is 56.1 Å². The number of thiophene rings is 1. The minimum Gasteiger partial charge on any atom is -0.491 e. The van der Waals surface area contributed by atoms with Crippen molar-refractivity contribution in [2.45, 2.75) is 51.8 Å². The van der Waals surface area contributed by atoms with Gasteiger partial charge in [0.05, 0.1) is 18.2 Å². The van der Waals surface area contributed by atoms with E-state index in [1.54, 1.807) is 11.3 Å². The molecule has 0 saturated carbocycles. The van der Waals surface area contributed by atoms with E-state index in [1.165, 1.54) is 17.7 Å². The Morgan fingerprint density at radius 2 is 1.96 bits per heavy atom. The van der Waals surface area contributed by atoms with Crippen molar-refractivity contribution in [3.05, 3.63) is 52.2 Å². The Kier molecular flexibility index (Phi) is 7.34. The van der Waals surface area contributed by atoms with Crippen LogP contribution < -0.4 is 15.4 Å². The molecule has 0 radical (unpaired) electrons. The normalized spacial score (nSPS) is 16.7. The van der Waals surface area contributed by atoms with E-state index in [2.05, 4.69) is 33.0 Å². The molecule has 1 aliphatic rings. The van der Waals surface area contributed by atoms with Crippen LogP contribution in [0.3, 0.4) is 0 Å². The minimum atomic E-state index is -0.136. The van der Waals surface area contributed by atoms with Crippen molar-refractivity contribution in [3.8, 4) is 5.75 Å². The van der Waals surface area contributed by atoms with E-state index >= 15 is 0 Å². The number of hydrogen-bond acceptors (Lipinski definition) is 4. The Morgan fingerprint density at radius 1 is 1.18 bits per heavy atom. The van der Waals surface area contributed by atoms with Crippen LogP contribution in [0.2, 0.25) is 0 Å². The minimum absolute atomic E-state index is 0.0947. The van der Waals surface area contributed by atoms with Gasteiger partial charge in [-0.3, -0.25) is 4.90 Å². The Morgan fingerprint density at radius 3 is 2.64 bits per heavy atom. The van der Waals surface area contributed by atoms with Gasteiger partial charge in [-0.2, -0.15) is 0 Å². The van der Waals surface area contributed by atoms with Gasteiger partial charge in [0.25, 0.3) is 0 Å². The lowest BCUT2D eigenvalue weighted by Gasteiger charge is -2.27. The third-order valence-corrected chi connectivity index (χ3v) is 5.96. The maximum Gasteiger partial charge on any atom is 0.315 e. The van der Waals surface area contributed by atoms with E-state index in [-0.39, 0.29) is 24.2 Å². The molecule has 6 heteroatoms. The maximum absolute atomic E-state index is 12.5. The lowest BCUT2D eigenvalue weighted by Crippen LogP contribution is -2.42. The van der Waals surface area contributed by atoms with Crippen molar-refractivity contribution in [2.24, 2.45) is 0 Å². The van der Waals surface area contributed by atoms with Crippen molar-refractivity contribution >= 4 is 17.4 Å². The highest BCUT2D eigenvalue weighted by molar-refractivity contribution is 7.10. The highest BCUT2D eigenvalue weighted by Gasteiger charge is 2.24. The van der Waals surface area contributed by atoms with Crippen molar-refractivity contribution in [2.75, 3.05) is 19.6 Å². The lowest BCUT2D eigenvalue weighted by atomic mass is 10.1. The van der Waals surface area contributed by atoms with Gasteiger partial charge in [-0.1, -0.05) is 18.2 Å². The molecule has 1 aromatic heterocycles. The monoisotopic (exact) mass is 401 g/mol. The summed E-state index contributed by atoms with van der Waals surface area (Å²) in [5.41, 5.74) is 1.03. The summed E-state index contributed by atoms with van der Waals surface area (Å²) >= 11 is 1.76. The molecule has 2 heterocycles. The summed E-state index contributed by atoms with van der Waals surface area (Å²) in [5, 5.41) is 8.23. The zero-order valence-corrected chi connectivity index (χ0v) is 17.8. The van der Waals surface area contributed by atoms with Crippen molar-refractivity contribution in [1.29, 1.82) is 0 Å².